The number of H-pyrrole nitrogens is 1. The smallest absolute Gasteiger partial charge is 0.435 e. The van der Waals surface area contributed by atoms with E-state index < -0.39 is 12.1 Å². The van der Waals surface area contributed by atoms with Gasteiger partial charge >= 0.3 is 12.1 Å². The lowest BCUT2D eigenvalue weighted by molar-refractivity contribution is -0.132. The molecule has 42 heavy (non-hydrogen) atoms. The quantitative estimate of drug-likeness (QED) is 0.0848. The topological polar surface area (TPSA) is 101 Å². The van der Waals surface area contributed by atoms with Crippen molar-refractivity contribution in [1.82, 2.24) is 9.88 Å². The maximum Gasteiger partial charge on any atom is 0.435 e. The summed E-state index contributed by atoms with van der Waals surface area (Å²) < 4.78 is 4.97. The molecule has 0 atom stereocenters. The number of aromatic nitrogens is 1. The van der Waals surface area contributed by atoms with Gasteiger partial charge in [-0.05, 0) is 53.3 Å². The van der Waals surface area contributed by atoms with Crippen molar-refractivity contribution < 1.29 is 24.0 Å². The Balaban J connectivity index is 1.24. The number of likely N-dealkylation sites (tertiary alicyclic amines) is 1. The van der Waals surface area contributed by atoms with Crippen molar-refractivity contribution in [1.29, 1.82) is 0 Å². The molecule has 1 aliphatic rings. The molecule has 0 spiro atoms. The Labute approximate surface area is 242 Å². The molecule has 8 nitrogen and oxygen atoms in total. The largest absolute Gasteiger partial charge is 0.464 e. The fourth-order valence-electron chi connectivity index (χ4n) is 5.59. The minimum absolute atomic E-state index is 0.150. The molecule has 2 heterocycles. The lowest BCUT2D eigenvalue weighted by atomic mass is 9.90. The number of carbonyl (C=O) groups excluding carboxylic acids is 3. The van der Waals surface area contributed by atoms with Gasteiger partial charge in [0.15, 0.2) is 11.5 Å². The van der Waals surface area contributed by atoms with Crippen LogP contribution in [0, 0.1) is 0 Å². The summed E-state index contributed by atoms with van der Waals surface area (Å²) in [6.45, 7) is 1.04. The van der Waals surface area contributed by atoms with Crippen molar-refractivity contribution in [2.75, 3.05) is 20.2 Å². The highest BCUT2D eigenvalue weighted by Gasteiger charge is 2.27. The highest BCUT2D eigenvalue weighted by atomic mass is 16.7. The van der Waals surface area contributed by atoms with E-state index in [2.05, 4.69) is 22.3 Å². The lowest BCUT2D eigenvalue weighted by Crippen LogP contribution is -2.38. The molecule has 4 aromatic carbocycles. The summed E-state index contributed by atoms with van der Waals surface area (Å²) in [5.41, 5.74) is 3.16. The van der Waals surface area contributed by atoms with Crippen molar-refractivity contribution in [2.45, 2.75) is 18.8 Å². The van der Waals surface area contributed by atoms with E-state index >= 15 is 0 Å². The zero-order valence-corrected chi connectivity index (χ0v) is 23.1. The molecular formula is C34H29N3O5. The molecule has 0 aliphatic carbocycles. The Morgan fingerprint density at radius 1 is 0.833 bits per heavy atom. The summed E-state index contributed by atoms with van der Waals surface area (Å²) in [5.74, 6) is -0.540. The second-order valence-electron chi connectivity index (χ2n) is 10.3. The van der Waals surface area contributed by atoms with Crippen LogP contribution in [0.5, 0.6) is 0 Å². The molecule has 6 rings (SSSR count). The Morgan fingerprint density at radius 2 is 1.57 bits per heavy atom. The van der Waals surface area contributed by atoms with Crippen LogP contribution in [0.3, 0.4) is 0 Å². The van der Waals surface area contributed by atoms with Gasteiger partial charge in [-0.3, -0.25) is 9.63 Å². The first kappa shape index (κ1) is 27.0. The number of benzene rings is 4. The number of esters is 1. The number of hydrogen-bond acceptors (Lipinski definition) is 6. The van der Waals surface area contributed by atoms with E-state index in [1.165, 1.54) is 12.7 Å². The summed E-state index contributed by atoms with van der Waals surface area (Å²) in [6.07, 6.45) is 2.58. The first-order valence-corrected chi connectivity index (χ1v) is 13.8. The molecule has 5 aromatic rings. The molecule has 8 heteroatoms. The number of nitrogens with one attached hydrogen (secondary N) is 1. The standard InChI is InChI=1S/C34H29N3O5/c1-41-33(39)31(36-42-34(40)37-18-16-23(17-19-37)22-8-3-2-4-9-22)29-21-35-30-15-14-25(20-28(29)30)32(38)27-13-7-11-24-10-5-6-12-26(24)27/h2-15,20-21,23,35H,16-19H2,1H3/b36-31-. The van der Waals surface area contributed by atoms with Gasteiger partial charge in [0.05, 0.1) is 7.11 Å². The second kappa shape index (κ2) is 11.7. The van der Waals surface area contributed by atoms with Crippen molar-refractivity contribution in [3.8, 4) is 0 Å². The van der Waals surface area contributed by atoms with Crippen LogP contribution in [0.15, 0.2) is 102 Å². The van der Waals surface area contributed by atoms with E-state index in [0.717, 1.165) is 23.6 Å². The Bertz CT molecular complexity index is 1810. The molecule has 0 bridgehead atoms. The van der Waals surface area contributed by atoms with E-state index in [-0.39, 0.29) is 11.5 Å². The van der Waals surface area contributed by atoms with Gasteiger partial charge in [-0.15, -0.1) is 0 Å². The van der Waals surface area contributed by atoms with Gasteiger partial charge in [-0.25, -0.2) is 9.59 Å². The molecule has 1 fully saturated rings. The average molecular weight is 560 g/mol. The van der Waals surface area contributed by atoms with Crippen molar-refractivity contribution in [2.24, 2.45) is 5.16 Å². The number of hydrogen-bond donors (Lipinski definition) is 1. The highest BCUT2D eigenvalue weighted by molar-refractivity contribution is 6.45. The fourth-order valence-corrected chi connectivity index (χ4v) is 5.59. The van der Waals surface area contributed by atoms with Gasteiger partial charge in [-0.1, -0.05) is 78.0 Å². The molecule has 0 saturated carbocycles. The number of amides is 1. The maximum absolute atomic E-state index is 13.6. The van der Waals surface area contributed by atoms with E-state index in [0.29, 0.717) is 46.6 Å². The van der Waals surface area contributed by atoms with Crippen LogP contribution < -0.4 is 0 Å². The van der Waals surface area contributed by atoms with E-state index in [1.54, 1.807) is 35.4 Å². The lowest BCUT2D eigenvalue weighted by Gasteiger charge is -2.30. The van der Waals surface area contributed by atoms with Crippen LogP contribution in [-0.2, 0) is 14.4 Å². The SMILES string of the molecule is COC(=O)/C(=N\OC(=O)N1CCC(c2ccccc2)CC1)c1c[nH]c2ccc(C(=O)c3cccc4ccccc34)cc12. The van der Waals surface area contributed by atoms with Gasteiger partial charge in [0, 0.05) is 46.9 Å². The van der Waals surface area contributed by atoms with Gasteiger partial charge in [0.1, 0.15) is 0 Å². The third-order valence-electron chi connectivity index (χ3n) is 7.85. The number of rotatable bonds is 6. The van der Waals surface area contributed by atoms with Crippen LogP contribution >= 0.6 is 0 Å². The van der Waals surface area contributed by atoms with Gasteiger partial charge in [0.2, 0.25) is 0 Å². The first-order valence-electron chi connectivity index (χ1n) is 13.8. The maximum atomic E-state index is 13.6. The van der Waals surface area contributed by atoms with Crippen LogP contribution in [0.25, 0.3) is 21.7 Å². The molecule has 1 saturated heterocycles. The normalized spacial score (nSPS) is 14.2. The molecule has 1 amide bonds. The summed E-state index contributed by atoms with van der Waals surface area (Å²) in [6, 6.07) is 28.8. The predicted molar refractivity (Wildman–Crippen MR) is 161 cm³/mol. The fraction of sp³-hybridized carbons (Fsp3) is 0.176. The number of piperidine rings is 1. The van der Waals surface area contributed by atoms with Crippen molar-refractivity contribution in [3.63, 3.8) is 0 Å². The molecular weight excluding hydrogens is 530 g/mol. The van der Waals surface area contributed by atoms with Gasteiger partial charge in [0.25, 0.3) is 0 Å². The number of nitrogens with zero attached hydrogens (tertiary/aromatic N) is 2. The number of ketones is 1. The Hall–Kier alpha value is -5.24. The van der Waals surface area contributed by atoms with Crippen molar-refractivity contribution in [3.05, 3.63) is 119 Å². The number of aromatic amines is 1. The third kappa shape index (κ3) is 5.26. The summed E-state index contributed by atoms with van der Waals surface area (Å²) in [7, 11) is 1.23. The van der Waals surface area contributed by atoms with Crippen LogP contribution in [0.2, 0.25) is 0 Å². The number of methoxy groups -OCH3 is 1. The van der Waals surface area contributed by atoms with Crippen LogP contribution in [0.4, 0.5) is 4.79 Å². The van der Waals surface area contributed by atoms with Gasteiger partial charge < -0.3 is 14.6 Å². The molecule has 0 radical (unpaired) electrons. The number of ether oxygens (including phenoxy) is 1. The molecule has 210 valence electrons. The van der Waals surface area contributed by atoms with E-state index in [4.69, 9.17) is 9.57 Å². The summed E-state index contributed by atoms with van der Waals surface area (Å²) in [5, 5.41) is 6.36. The van der Waals surface area contributed by atoms with Gasteiger partial charge in [-0.2, -0.15) is 0 Å². The molecule has 1 aromatic heterocycles. The zero-order valence-electron chi connectivity index (χ0n) is 23.1. The Kier molecular flexibility index (Phi) is 7.51. The predicted octanol–water partition coefficient (Wildman–Crippen LogP) is 6.45. The minimum Gasteiger partial charge on any atom is -0.464 e. The van der Waals surface area contributed by atoms with Crippen LogP contribution in [0.1, 0.15) is 45.8 Å². The van der Waals surface area contributed by atoms with E-state index in [1.807, 2.05) is 54.6 Å². The van der Waals surface area contributed by atoms with Crippen molar-refractivity contribution >= 4 is 45.2 Å². The number of oxime groups is 1. The molecule has 1 aliphatic heterocycles. The Morgan fingerprint density at radius 3 is 2.36 bits per heavy atom. The zero-order chi connectivity index (χ0) is 29.1. The van der Waals surface area contributed by atoms with Crippen LogP contribution in [-0.4, -0.2) is 53.6 Å². The third-order valence-corrected chi connectivity index (χ3v) is 7.85. The molecule has 0 unspecified atom stereocenters. The minimum atomic E-state index is -0.766. The number of carbonyl (C=O) groups is 3. The molecule has 1 N–H and O–H groups in total. The monoisotopic (exact) mass is 559 g/mol. The second-order valence-corrected chi connectivity index (χ2v) is 10.3. The average Bonchev–Trinajstić information content (AvgIpc) is 3.47. The number of fused-ring (bicyclic) bond motifs is 2. The highest BCUT2D eigenvalue weighted by Crippen LogP contribution is 2.29. The summed E-state index contributed by atoms with van der Waals surface area (Å²) >= 11 is 0. The van der Waals surface area contributed by atoms with E-state index in [9.17, 15) is 14.4 Å². The first-order chi connectivity index (χ1) is 20.5. The summed E-state index contributed by atoms with van der Waals surface area (Å²) in [4.78, 5) is 49.2.